The molecule has 55 heavy (non-hydrogen) atoms. The van der Waals surface area contributed by atoms with Crippen molar-refractivity contribution in [2.45, 2.75) is 123 Å². The van der Waals surface area contributed by atoms with Crippen LogP contribution in [-0.4, -0.2) is 72.9 Å². The smallest absolute Gasteiger partial charge is 0.407 e. The minimum atomic E-state index is -0.678. The van der Waals surface area contributed by atoms with Crippen molar-refractivity contribution in [1.82, 2.24) is 35.1 Å². The lowest BCUT2D eigenvalue weighted by molar-refractivity contribution is -0.137. The number of rotatable bonds is 12. The van der Waals surface area contributed by atoms with Crippen molar-refractivity contribution in [3.63, 3.8) is 0 Å². The summed E-state index contributed by atoms with van der Waals surface area (Å²) >= 11 is 0. The van der Waals surface area contributed by atoms with E-state index in [1.54, 1.807) is 0 Å². The Balaban J connectivity index is 1.16. The first-order chi connectivity index (χ1) is 26.6. The van der Waals surface area contributed by atoms with Gasteiger partial charge in [0.1, 0.15) is 30.0 Å². The van der Waals surface area contributed by atoms with E-state index in [0.717, 1.165) is 99.3 Å². The molecule has 4 heterocycles. The number of benzene rings is 3. The van der Waals surface area contributed by atoms with Gasteiger partial charge in [-0.2, -0.15) is 0 Å². The first-order valence-electron chi connectivity index (χ1n) is 19.9. The summed E-state index contributed by atoms with van der Waals surface area (Å²) in [5.74, 6) is 2.36. The molecule has 3 aromatic carbocycles. The molecule has 0 saturated carbocycles. The summed E-state index contributed by atoms with van der Waals surface area (Å²) in [5.41, 5.74) is 6.87. The molecule has 2 aromatic heterocycles. The number of nitrogens with one attached hydrogen (secondary N) is 3. The number of hydrogen-bond acceptors (Lipinski definition) is 7. The molecule has 5 aromatic rings. The molecule has 0 aliphatic carbocycles. The molecule has 0 spiro atoms. The molecule has 0 bridgehead atoms. The average Bonchev–Trinajstić information content (AvgIpc) is 3.97. The summed E-state index contributed by atoms with van der Waals surface area (Å²) in [6, 6.07) is 13.9. The number of carbonyl (C=O) groups is 3. The van der Waals surface area contributed by atoms with Crippen molar-refractivity contribution in [3.05, 3.63) is 65.9 Å². The SMILES string of the molecule is CCCC(=O)N([C@@H](C)CC)[C@@H](C)c1ncc(-c2ccc3c(c2)COc2cc4c(ccc5nc([C@@H]6CC[C@H](CC)N6C(=O)[C@H](CC)NC(=O)OC)[nH]c54)cc2-3)[nH]1. The normalized spacial score (nSPS) is 18.0. The van der Waals surface area contributed by atoms with E-state index in [4.69, 9.17) is 19.4 Å². The maximum Gasteiger partial charge on any atom is 0.407 e. The Kier molecular flexibility index (Phi) is 10.9. The van der Waals surface area contributed by atoms with E-state index in [0.29, 0.717) is 19.4 Å². The number of nitrogens with zero attached hydrogens (tertiary/aromatic N) is 4. The molecule has 2 aliphatic rings. The maximum absolute atomic E-state index is 13.9. The monoisotopic (exact) mass is 747 g/mol. The zero-order valence-corrected chi connectivity index (χ0v) is 33.0. The number of fused-ring (bicyclic) bond motifs is 6. The van der Waals surface area contributed by atoms with E-state index in [9.17, 15) is 14.4 Å². The quantitative estimate of drug-likeness (QED) is 0.116. The van der Waals surface area contributed by atoms with Crippen LogP contribution < -0.4 is 10.1 Å². The third-order valence-electron chi connectivity index (χ3n) is 11.6. The Morgan fingerprint density at radius 1 is 1.02 bits per heavy atom. The molecule has 7 rings (SSSR count). The van der Waals surface area contributed by atoms with Crippen LogP contribution in [0, 0.1) is 0 Å². The van der Waals surface area contributed by atoms with Crippen molar-refractivity contribution in [1.29, 1.82) is 0 Å². The number of likely N-dealkylation sites (tertiary alicyclic amines) is 1. The van der Waals surface area contributed by atoms with Gasteiger partial charge in [0.25, 0.3) is 0 Å². The summed E-state index contributed by atoms with van der Waals surface area (Å²) in [4.78, 5) is 59.7. The van der Waals surface area contributed by atoms with Crippen LogP contribution in [0.2, 0.25) is 0 Å². The lowest BCUT2D eigenvalue weighted by Gasteiger charge is -2.33. The molecule has 1 fully saturated rings. The van der Waals surface area contributed by atoms with E-state index in [1.807, 2.05) is 42.8 Å². The first-order valence-corrected chi connectivity index (χ1v) is 19.9. The van der Waals surface area contributed by atoms with Crippen LogP contribution in [0.15, 0.2) is 48.7 Å². The molecular formula is C43H53N7O5. The fourth-order valence-electron chi connectivity index (χ4n) is 8.45. The van der Waals surface area contributed by atoms with Gasteiger partial charge in [0.05, 0.1) is 42.1 Å². The van der Waals surface area contributed by atoms with Crippen molar-refractivity contribution in [2.75, 3.05) is 7.11 Å². The molecule has 1 saturated heterocycles. The Bertz CT molecular complexity index is 2230. The molecule has 12 heteroatoms. The molecule has 290 valence electrons. The van der Waals surface area contributed by atoms with E-state index in [1.165, 1.54) is 7.11 Å². The summed E-state index contributed by atoms with van der Waals surface area (Å²) in [6.07, 6.45) is 6.36. The number of aromatic nitrogens is 4. The molecule has 12 nitrogen and oxygen atoms in total. The predicted octanol–water partition coefficient (Wildman–Crippen LogP) is 8.73. The second-order valence-corrected chi connectivity index (χ2v) is 15.0. The maximum atomic E-state index is 13.9. The van der Waals surface area contributed by atoms with Crippen LogP contribution in [0.3, 0.4) is 0 Å². The zero-order chi connectivity index (χ0) is 39.0. The van der Waals surface area contributed by atoms with Crippen molar-refractivity contribution < 1.29 is 23.9 Å². The Labute approximate surface area is 322 Å². The van der Waals surface area contributed by atoms with Crippen LogP contribution in [0.4, 0.5) is 4.79 Å². The van der Waals surface area contributed by atoms with E-state index in [-0.39, 0.29) is 36.0 Å². The van der Waals surface area contributed by atoms with Gasteiger partial charge in [0.2, 0.25) is 11.8 Å². The van der Waals surface area contributed by atoms with Gasteiger partial charge < -0.3 is 34.6 Å². The van der Waals surface area contributed by atoms with Gasteiger partial charge in [-0.15, -0.1) is 0 Å². The van der Waals surface area contributed by atoms with Crippen LogP contribution in [0.1, 0.15) is 116 Å². The van der Waals surface area contributed by atoms with Crippen LogP contribution in [0.5, 0.6) is 5.75 Å². The highest BCUT2D eigenvalue weighted by Crippen LogP contribution is 2.44. The molecule has 3 N–H and O–H groups in total. The standard InChI is InChI=1S/C43H53N7O5/c1-8-12-38(51)49(24(5)9-2)25(6)40-44-22-35(46-40)27-13-16-30-28(19-27)23-55-37-21-31-26(20-32(30)37)14-17-34-39(31)48-41(45-34)36-18-15-29(10-3)50(36)42(52)33(11-4)47-43(53)54-7/h13-14,16-17,19-22,24-25,29,33,36H,8-12,15,18,23H2,1-7H3,(H,44,46)(H,45,48)(H,47,53)/t24-,25-,29-,33-,36-/m0/s1. The third kappa shape index (κ3) is 7.02. The largest absolute Gasteiger partial charge is 0.488 e. The van der Waals surface area contributed by atoms with Crippen LogP contribution in [0.25, 0.3) is 44.2 Å². The van der Waals surface area contributed by atoms with E-state index in [2.05, 4.69) is 72.5 Å². The highest BCUT2D eigenvalue weighted by Gasteiger charge is 2.41. The van der Waals surface area contributed by atoms with Gasteiger partial charge in [-0.3, -0.25) is 9.59 Å². The number of amides is 3. The topological polar surface area (TPSA) is 146 Å². The number of carbonyl (C=O) groups excluding carboxylic acids is 3. The second-order valence-electron chi connectivity index (χ2n) is 15.0. The third-order valence-corrected chi connectivity index (χ3v) is 11.6. The van der Waals surface area contributed by atoms with E-state index < -0.39 is 12.1 Å². The van der Waals surface area contributed by atoms with Gasteiger partial charge in [-0.1, -0.05) is 45.9 Å². The van der Waals surface area contributed by atoms with E-state index >= 15 is 0 Å². The summed E-state index contributed by atoms with van der Waals surface area (Å²) in [6.45, 7) is 12.7. The van der Waals surface area contributed by atoms with Crippen LogP contribution >= 0.6 is 0 Å². The summed E-state index contributed by atoms with van der Waals surface area (Å²) in [5, 5.41) is 4.77. The Hall–Kier alpha value is -5.39. The van der Waals surface area contributed by atoms with Crippen molar-refractivity contribution in [2.24, 2.45) is 0 Å². The molecule has 2 aliphatic heterocycles. The fourth-order valence-corrected chi connectivity index (χ4v) is 8.45. The number of H-pyrrole nitrogens is 2. The average molecular weight is 748 g/mol. The number of imidazole rings is 2. The molecule has 0 unspecified atom stereocenters. The summed E-state index contributed by atoms with van der Waals surface area (Å²) < 4.78 is 11.2. The van der Waals surface area contributed by atoms with Gasteiger partial charge in [-0.25, -0.2) is 14.8 Å². The van der Waals surface area contributed by atoms with Crippen LogP contribution in [-0.2, 0) is 20.9 Å². The van der Waals surface area contributed by atoms with Crippen molar-refractivity contribution in [3.8, 4) is 28.1 Å². The number of aromatic amines is 2. The molecule has 3 amide bonds. The predicted molar refractivity (Wildman–Crippen MR) is 213 cm³/mol. The number of hydrogen-bond donors (Lipinski definition) is 3. The number of ether oxygens (including phenoxy) is 2. The zero-order valence-electron chi connectivity index (χ0n) is 33.0. The van der Waals surface area contributed by atoms with Gasteiger partial charge in [-0.05, 0) is 98.7 Å². The van der Waals surface area contributed by atoms with Gasteiger partial charge in [0, 0.05) is 29.5 Å². The second kappa shape index (κ2) is 15.8. The highest BCUT2D eigenvalue weighted by molar-refractivity contribution is 6.07. The first kappa shape index (κ1) is 37.9. The number of methoxy groups -OCH3 is 1. The number of alkyl carbamates (subject to hydrolysis) is 1. The molecular weight excluding hydrogens is 695 g/mol. The highest BCUT2D eigenvalue weighted by atomic mass is 16.5. The Morgan fingerprint density at radius 3 is 2.56 bits per heavy atom. The minimum absolute atomic E-state index is 0.0528. The molecule has 0 radical (unpaired) electrons. The van der Waals surface area contributed by atoms with Gasteiger partial charge >= 0.3 is 6.09 Å². The lowest BCUT2D eigenvalue weighted by atomic mass is 9.92. The minimum Gasteiger partial charge on any atom is -0.488 e. The summed E-state index contributed by atoms with van der Waals surface area (Å²) in [7, 11) is 1.30. The lowest BCUT2D eigenvalue weighted by Crippen LogP contribution is -2.50. The van der Waals surface area contributed by atoms with Crippen molar-refractivity contribution >= 4 is 39.7 Å². The fraction of sp³-hybridized carbons (Fsp3) is 0.465. The molecule has 5 atom stereocenters. The Morgan fingerprint density at radius 2 is 1.84 bits per heavy atom. The van der Waals surface area contributed by atoms with Gasteiger partial charge in [0.15, 0.2) is 0 Å².